The first-order chi connectivity index (χ1) is 5.63. The van der Waals surface area contributed by atoms with Crippen molar-refractivity contribution in [2.45, 2.75) is 20.1 Å². The maximum atomic E-state index is 10.2. The third-order valence-corrected chi connectivity index (χ3v) is 1.49. The number of aliphatic carboxylic acids is 1. The number of aliphatic hydroxyl groups is 1. The molecule has 0 aliphatic heterocycles. The van der Waals surface area contributed by atoms with Crippen molar-refractivity contribution in [1.82, 2.24) is 9.55 Å². The van der Waals surface area contributed by atoms with Crippen molar-refractivity contribution in [2.75, 3.05) is 0 Å². The van der Waals surface area contributed by atoms with Crippen LogP contribution in [0.3, 0.4) is 0 Å². The molecule has 5 nitrogen and oxygen atoms in total. The van der Waals surface area contributed by atoms with Gasteiger partial charge in [0.25, 0.3) is 0 Å². The van der Waals surface area contributed by atoms with Gasteiger partial charge in [-0.3, -0.25) is 0 Å². The Morgan fingerprint density at radius 1 is 1.77 bits per heavy atom. The summed E-state index contributed by atoms with van der Waals surface area (Å²) in [4.78, 5) is 14.1. The minimum absolute atomic E-state index is 0. The molecule has 66 valence electrons. The van der Waals surface area contributed by atoms with E-state index in [1.165, 1.54) is 10.8 Å². The number of rotatable bonds is 3. The minimum atomic E-state index is -1.17. The molecule has 0 fully saturated rings. The maximum absolute atomic E-state index is 10.2. The fourth-order valence-electron chi connectivity index (χ4n) is 0.950. The van der Waals surface area contributed by atoms with Gasteiger partial charge < -0.3 is 19.6 Å². The van der Waals surface area contributed by atoms with Crippen LogP contribution in [-0.4, -0.2) is 20.6 Å². The zero-order valence-corrected chi connectivity index (χ0v) is 10.8. The maximum Gasteiger partial charge on any atom is 1.00 e. The second kappa shape index (κ2) is 5.89. The van der Waals surface area contributed by atoms with E-state index in [1.807, 2.05) is 0 Å². The van der Waals surface area contributed by atoms with Crippen LogP contribution >= 0.6 is 0 Å². The molecule has 1 N–H and O–H groups in total. The fourth-order valence-corrected chi connectivity index (χ4v) is 0.950. The Balaban J connectivity index is 0.00000144. The summed E-state index contributed by atoms with van der Waals surface area (Å²) in [7, 11) is 0. The first kappa shape index (κ1) is 13.3. The van der Waals surface area contributed by atoms with Crippen LogP contribution in [0.4, 0.5) is 0 Å². The second-order valence-corrected chi connectivity index (χ2v) is 2.44. The smallest absolute Gasteiger partial charge is 0.548 e. The Morgan fingerprint density at radius 3 is 2.77 bits per heavy atom. The molecule has 6 heteroatoms. The van der Waals surface area contributed by atoms with Crippen molar-refractivity contribution < 1.29 is 66.4 Å². The second-order valence-electron chi connectivity index (χ2n) is 2.44. The number of carbonyl (C=O) groups is 1. The summed E-state index contributed by atoms with van der Waals surface area (Å²) in [5, 5.41) is 18.9. The Labute approximate surface area is 118 Å². The van der Waals surface area contributed by atoms with Crippen LogP contribution in [0.15, 0.2) is 6.20 Å². The summed E-state index contributed by atoms with van der Waals surface area (Å²) in [5.74, 6) is -0.608. The summed E-state index contributed by atoms with van der Waals surface area (Å²) in [6.07, 6.45) is 1.49. The molecular weight excluding hydrogens is 199 g/mol. The molecular formula is C7H9KN2O3. The van der Waals surface area contributed by atoms with E-state index in [2.05, 4.69) is 4.98 Å². The molecule has 0 unspecified atom stereocenters. The van der Waals surface area contributed by atoms with Crippen LogP contribution < -0.4 is 56.5 Å². The molecule has 13 heavy (non-hydrogen) atoms. The van der Waals surface area contributed by atoms with Gasteiger partial charge in [0.15, 0.2) is 0 Å². The summed E-state index contributed by atoms with van der Waals surface area (Å²) >= 11 is 0. The van der Waals surface area contributed by atoms with Crippen LogP contribution in [-0.2, 0) is 17.9 Å². The molecule has 0 aromatic carbocycles. The topological polar surface area (TPSA) is 78.2 Å². The number of aromatic nitrogens is 2. The predicted molar refractivity (Wildman–Crippen MR) is 37.9 cm³/mol. The van der Waals surface area contributed by atoms with Crippen molar-refractivity contribution in [1.29, 1.82) is 0 Å². The normalized spacial score (nSPS) is 9.38. The Hall–Kier alpha value is 0.276. The first-order valence-electron chi connectivity index (χ1n) is 3.47. The Bertz CT molecular complexity index is 298. The van der Waals surface area contributed by atoms with Crippen LogP contribution in [0, 0.1) is 6.92 Å². The molecule has 0 saturated heterocycles. The van der Waals surface area contributed by atoms with Gasteiger partial charge in [-0.1, -0.05) is 0 Å². The standard InChI is InChI=1S/C7H10N2O3.K/c1-5-8-6(4-10)2-9(5)3-7(11)12;/h2,10H,3-4H2,1H3,(H,11,12);/q;+1/p-1. The van der Waals surface area contributed by atoms with Crippen LogP contribution in [0.25, 0.3) is 0 Å². The van der Waals surface area contributed by atoms with E-state index in [0.29, 0.717) is 11.5 Å². The third kappa shape index (κ3) is 3.88. The number of aliphatic hydroxyl groups excluding tert-OH is 1. The molecule has 0 saturated carbocycles. The summed E-state index contributed by atoms with van der Waals surface area (Å²) in [5.41, 5.74) is 0.466. The SMILES string of the molecule is Cc1nc(CO)cn1CC(=O)[O-].[K+]. The molecule has 0 atom stereocenters. The molecule has 0 bridgehead atoms. The molecule has 0 aliphatic rings. The number of hydrogen-bond donors (Lipinski definition) is 1. The number of hydrogen-bond acceptors (Lipinski definition) is 4. The average molecular weight is 208 g/mol. The molecule has 0 amide bonds. The molecule has 1 heterocycles. The monoisotopic (exact) mass is 208 g/mol. The van der Waals surface area contributed by atoms with Crippen molar-refractivity contribution in [3.8, 4) is 0 Å². The van der Waals surface area contributed by atoms with Crippen molar-refractivity contribution in [2.24, 2.45) is 0 Å². The van der Waals surface area contributed by atoms with Gasteiger partial charge in [-0.25, -0.2) is 4.98 Å². The van der Waals surface area contributed by atoms with E-state index >= 15 is 0 Å². The van der Waals surface area contributed by atoms with Crippen molar-refractivity contribution >= 4 is 5.97 Å². The predicted octanol–water partition coefficient (Wildman–Crippen LogP) is -4.56. The fraction of sp³-hybridized carbons (Fsp3) is 0.429. The van der Waals surface area contributed by atoms with Gasteiger partial charge >= 0.3 is 51.4 Å². The van der Waals surface area contributed by atoms with Gasteiger partial charge in [0.05, 0.1) is 24.8 Å². The van der Waals surface area contributed by atoms with E-state index in [0.717, 1.165) is 0 Å². The van der Waals surface area contributed by atoms with Gasteiger partial charge in [-0.05, 0) is 6.92 Å². The van der Waals surface area contributed by atoms with E-state index in [9.17, 15) is 9.90 Å². The largest absolute Gasteiger partial charge is 1.00 e. The summed E-state index contributed by atoms with van der Waals surface area (Å²) < 4.78 is 1.42. The Morgan fingerprint density at radius 2 is 2.38 bits per heavy atom. The number of carboxylic acid groups (broad SMARTS) is 1. The van der Waals surface area contributed by atoms with Crippen molar-refractivity contribution in [3.63, 3.8) is 0 Å². The number of carbonyl (C=O) groups excluding carboxylic acids is 1. The number of carboxylic acids is 1. The average Bonchev–Trinajstić information content (AvgIpc) is 2.31. The quantitative estimate of drug-likeness (QED) is 0.507. The zero-order chi connectivity index (χ0) is 9.14. The Kier molecular flexibility index (Phi) is 6.02. The van der Waals surface area contributed by atoms with Crippen LogP contribution in [0.5, 0.6) is 0 Å². The molecule has 1 aromatic heterocycles. The molecule has 0 spiro atoms. The summed E-state index contributed by atoms with van der Waals surface area (Å²) in [6.45, 7) is 1.27. The number of nitrogens with zero attached hydrogens (tertiary/aromatic N) is 2. The van der Waals surface area contributed by atoms with E-state index in [4.69, 9.17) is 5.11 Å². The van der Waals surface area contributed by atoms with Crippen molar-refractivity contribution in [3.05, 3.63) is 17.7 Å². The zero-order valence-electron chi connectivity index (χ0n) is 7.65. The van der Waals surface area contributed by atoms with Gasteiger partial charge in [0.1, 0.15) is 5.82 Å². The van der Waals surface area contributed by atoms with E-state index < -0.39 is 5.97 Å². The number of imidazole rings is 1. The van der Waals surface area contributed by atoms with Crippen LogP contribution in [0.1, 0.15) is 11.5 Å². The van der Waals surface area contributed by atoms with E-state index in [-0.39, 0.29) is 64.5 Å². The third-order valence-electron chi connectivity index (χ3n) is 1.49. The molecule has 1 rings (SSSR count). The molecule has 0 aliphatic carbocycles. The van der Waals surface area contributed by atoms with Crippen LogP contribution in [0.2, 0.25) is 0 Å². The first-order valence-corrected chi connectivity index (χ1v) is 3.47. The summed E-state index contributed by atoms with van der Waals surface area (Å²) in [6, 6.07) is 0. The minimum Gasteiger partial charge on any atom is -0.548 e. The molecule has 1 aromatic rings. The van der Waals surface area contributed by atoms with Gasteiger partial charge in [-0.2, -0.15) is 0 Å². The van der Waals surface area contributed by atoms with Gasteiger partial charge in [0.2, 0.25) is 0 Å². The van der Waals surface area contributed by atoms with E-state index in [1.54, 1.807) is 6.92 Å². The van der Waals surface area contributed by atoms with Gasteiger partial charge in [0, 0.05) is 6.20 Å². The number of aryl methyl sites for hydroxylation is 1. The van der Waals surface area contributed by atoms with Gasteiger partial charge in [-0.15, -0.1) is 0 Å². The molecule has 0 radical (unpaired) electrons.